The molecule has 20 valence electrons. The van der Waals surface area contributed by atoms with Gasteiger partial charge in [0.05, 0.1) is 0 Å². The first kappa shape index (κ1) is 3.60. The summed E-state index contributed by atoms with van der Waals surface area (Å²) in [5.74, 6) is 1.28. The summed E-state index contributed by atoms with van der Waals surface area (Å²) < 4.78 is 0. The second-order valence-corrected chi connectivity index (χ2v) is 0.385. The van der Waals surface area contributed by atoms with Crippen molar-refractivity contribution in [3.63, 3.8) is 0 Å². The van der Waals surface area contributed by atoms with Crippen molar-refractivity contribution in [1.29, 1.82) is 0 Å². The molecule has 0 unspecified atom stereocenters. The zero-order chi connectivity index (χ0) is 3.41. The van der Waals surface area contributed by atoms with Gasteiger partial charge in [0.15, 0.2) is 0 Å². The minimum absolute atomic E-state index is 1.28. The van der Waals surface area contributed by atoms with Gasteiger partial charge in [-0.2, -0.15) is 0 Å². The molecule has 4 heavy (non-hydrogen) atoms. The molecule has 0 fully saturated rings. The molecule has 0 amide bonds. The van der Waals surface area contributed by atoms with E-state index in [0.29, 0.717) is 0 Å². The van der Waals surface area contributed by atoms with E-state index >= 15 is 0 Å². The van der Waals surface area contributed by atoms with Crippen LogP contribution in [0.15, 0.2) is 12.2 Å². The fraction of sp³-hybridized carbons (Fsp3) is 0. The van der Waals surface area contributed by atoms with Gasteiger partial charge in [0.25, 0.3) is 0 Å². The summed E-state index contributed by atoms with van der Waals surface area (Å²) in [5, 5.41) is 0. The maximum Gasteiger partial charge on any atom is 0.104 e. The van der Waals surface area contributed by atoms with Crippen LogP contribution in [0.25, 0.3) is 0 Å². The third-order valence-corrected chi connectivity index (χ3v) is 0.111. The largest absolute Gasteiger partial charge is 0.406 e. The van der Waals surface area contributed by atoms with Gasteiger partial charge in [-0.25, -0.2) is 0 Å². The lowest BCUT2D eigenvalue weighted by molar-refractivity contribution is 1.63. The highest BCUT2D eigenvalue weighted by molar-refractivity contribution is 6.16. The maximum atomic E-state index is 4.72. The molecule has 0 atom stereocenters. The van der Waals surface area contributed by atoms with Crippen LogP contribution in [0.1, 0.15) is 0 Å². The number of hydrogen-bond acceptors (Lipinski definition) is 1. The van der Waals surface area contributed by atoms with Crippen molar-refractivity contribution < 1.29 is 0 Å². The van der Waals surface area contributed by atoms with Crippen LogP contribution < -0.4 is 5.73 Å². The van der Waals surface area contributed by atoms with Crippen LogP contribution in [-0.2, 0) is 0 Å². The number of hydrogen-bond donors (Lipinski definition) is 1. The molecular weight excluding hydrogens is 48.8 g/mol. The van der Waals surface area contributed by atoms with Crippen LogP contribution >= 0.6 is 0 Å². The van der Waals surface area contributed by atoms with Gasteiger partial charge < -0.3 is 5.73 Å². The van der Waals surface area contributed by atoms with Crippen LogP contribution in [0.3, 0.4) is 0 Å². The van der Waals surface area contributed by atoms with E-state index in [-0.39, 0.29) is 0 Å². The highest BCUT2D eigenvalue weighted by Gasteiger charge is 1.34. The number of nitrogens with two attached hydrogens (primary N) is 1. The monoisotopic (exact) mass is 53.0 g/mol. The molecule has 2 radical (unpaired) electrons. The summed E-state index contributed by atoms with van der Waals surface area (Å²) in [7, 11) is 4.72. The quantitative estimate of drug-likeness (QED) is 0.373. The third-order valence-electron chi connectivity index (χ3n) is 0.111. The highest BCUT2D eigenvalue weighted by Crippen LogP contribution is 1.36. The van der Waals surface area contributed by atoms with Crippen LogP contribution in [-0.4, -0.2) is 7.85 Å². The molecule has 0 saturated carbocycles. The third kappa shape index (κ3) is 1.60. The van der Waals surface area contributed by atoms with Crippen molar-refractivity contribution in [2.75, 3.05) is 0 Å². The summed E-state index contributed by atoms with van der Waals surface area (Å²) in [5.41, 5.74) is 4.72. The molecular formula is C2H4BN. The average molecular weight is 52.9 g/mol. The molecule has 0 aliphatic rings. The van der Waals surface area contributed by atoms with Crippen molar-refractivity contribution in [1.82, 2.24) is 0 Å². The summed E-state index contributed by atoms with van der Waals surface area (Å²) in [4.78, 5) is 0. The smallest absolute Gasteiger partial charge is 0.104 e. The Morgan fingerprint density at radius 2 is 2.00 bits per heavy atom. The lowest BCUT2D eigenvalue weighted by atomic mass is 10.2. The van der Waals surface area contributed by atoms with Gasteiger partial charge in [-0.15, -0.1) is 5.98 Å². The molecule has 0 aliphatic carbocycles. The van der Waals surface area contributed by atoms with E-state index in [4.69, 9.17) is 13.6 Å². The molecule has 2 heteroatoms. The Hall–Kier alpha value is -0.395. The Morgan fingerprint density at radius 1 is 1.75 bits per heavy atom. The Morgan fingerprint density at radius 3 is 2.00 bits per heavy atom. The van der Waals surface area contributed by atoms with Gasteiger partial charge in [0.2, 0.25) is 0 Å². The van der Waals surface area contributed by atoms with E-state index in [0.717, 1.165) is 0 Å². The summed E-state index contributed by atoms with van der Waals surface area (Å²) in [6.45, 7) is 0. The lowest BCUT2D eigenvalue weighted by Crippen LogP contribution is -1.72. The molecule has 0 aliphatic heterocycles. The van der Waals surface area contributed by atoms with E-state index in [1.54, 1.807) is 0 Å². The zero-order valence-corrected chi connectivity index (χ0v) is 2.31. The molecule has 0 aromatic heterocycles. The van der Waals surface area contributed by atoms with E-state index in [1.807, 2.05) is 0 Å². The number of rotatable bonds is 0. The molecule has 0 saturated heterocycles. The van der Waals surface area contributed by atoms with E-state index in [9.17, 15) is 0 Å². The van der Waals surface area contributed by atoms with Crippen molar-refractivity contribution in [2.45, 2.75) is 0 Å². The van der Waals surface area contributed by atoms with Crippen molar-refractivity contribution in [2.24, 2.45) is 5.73 Å². The maximum absolute atomic E-state index is 4.72. The van der Waals surface area contributed by atoms with E-state index in [1.165, 1.54) is 12.2 Å². The Kier molecular flexibility index (Phi) is 2.35. The van der Waals surface area contributed by atoms with Crippen LogP contribution in [0, 0.1) is 0 Å². The lowest BCUT2D eigenvalue weighted by Gasteiger charge is -1.53. The van der Waals surface area contributed by atoms with Crippen LogP contribution in [0.5, 0.6) is 0 Å². The van der Waals surface area contributed by atoms with E-state index < -0.39 is 0 Å². The van der Waals surface area contributed by atoms with Crippen molar-refractivity contribution in [3.05, 3.63) is 12.2 Å². The van der Waals surface area contributed by atoms with Gasteiger partial charge >= 0.3 is 0 Å². The molecule has 2 N–H and O–H groups in total. The first-order valence-corrected chi connectivity index (χ1v) is 1.00. The van der Waals surface area contributed by atoms with Crippen molar-refractivity contribution >= 4 is 7.85 Å². The summed E-state index contributed by atoms with van der Waals surface area (Å²) in [6, 6.07) is 0. The predicted molar refractivity (Wildman–Crippen MR) is 19.1 cm³/mol. The minimum atomic E-state index is 1.28. The normalized spacial score (nSPS) is 9.00. The molecule has 0 heterocycles. The Bertz CT molecular complexity index is 21.2. The summed E-state index contributed by atoms with van der Waals surface area (Å²) in [6.07, 6.45) is 1.28. The average Bonchev–Trinajstić information content (AvgIpc) is 1.37. The van der Waals surface area contributed by atoms with Gasteiger partial charge in [-0.3, -0.25) is 0 Å². The standard InChI is InChI=1S/C2H4BN/c3-1-2-4/h1-2H,4H2. The molecule has 1 nitrogen and oxygen atoms in total. The molecule has 0 aromatic rings. The molecule has 0 spiro atoms. The zero-order valence-electron chi connectivity index (χ0n) is 2.31. The van der Waals surface area contributed by atoms with Crippen LogP contribution in [0.2, 0.25) is 0 Å². The SMILES string of the molecule is [B]C=CN. The summed E-state index contributed by atoms with van der Waals surface area (Å²) >= 11 is 0. The van der Waals surface area contributed by atoms with Gasteiger partial charge in [-0.05, 0) is 6.20 Å². The molecule has 0 bridgehead atoms. The van der Waals surface area contributed by atoms with E-state index in [2.05, 4.69) is 0 Å². The minimum Gasteiger partial charge on any atom is -0.406 e. The second-order valence-electron chi connectivity index (χ2n) is 0.385. The fourth-order valence-electron chi connectivity index (χ4n) is 0. The highest BCUT2D eigenvalue weighted by atomic mass is 14.5. The van der Waals surface area contributed by atoms with Crippen LogP contribution in [0.4, 0.5) is 0 Å². The molecule has 0 aromatic carbocycles. The first-order chi connectivity index (χ1) is 1.91. The first-order valence-electron chi connectivity index (χ1n) is 1.00. The van der Waals surface area contributed by atoms with Crippen molar-refractivity contribution in [3.8, 4) is 0 Å². The topological polar surface area (TPSA) is 26.0 Å². The Labute approximate surface area is 26.9 Å². The van der Waals surface area contributed by atoms with Gasteiger partial charge in [0.1, 0.15) is 7.85 Å². The fourth-order valence-corrected chi connectivity index (χ4v) is 0. The Balaban J connectivity index is 2.55. The second kappa shape index (κ2) is 2.60. The van der Waals surface area contributed by atoms with Gasteiger partial charge in [0, 0.05) is 0 Å². The predicted octanol–water partition coefficient (Wildman–Crippen LogP) is -0.415. The molecule has 0 rings (SSSR count). The van der Waals surface area contributed by atoms with Gasteiger partial charge in [-0.1, -0.05) is 0 Å².